The van der Waals surface area contributed by atoms with E-state index in [9.17, 15) is 14.0 Å². The van der Waals surface area contributed by atoms with Gasteiger partial charge in [-0.05, 0) is 37.3 Å². The van der Waals surface area contributed by atoms with Gasteiger partial charge in [0.25, 0.3) is 0 Å². The molecule has 0 saturated carbocycles. The molecule has 3 aromatic rings. The molecule has 0 fully saturated rings. The van der Waals surface area contributed by atoms with E-state index in [1.165, 1.54) is 19.2 Å². The number of ether oxygens (including phenoxy) is 1. The van der Waals surface area contributed by atoms with Gasteiger partial charge in [0.1, 0.15) is 17.6 Å². The maximum Gasteiger partial charge on any atom is 0.247 e. The van der Waals surface area contributed by atoms with Crippen LogP contribution in [0.15, 0.2) is 48.7 Å². The van der Waals surface area contributed by atoms with Crippen LogP contribution in [0.5, 0.6) is 5.75 Å². The summed E-state index contributed by atoms with van der Waals surface area (Å²) in [4.78, 5) is 23.9. The normalized spacial score (nSPS) is 12.0. The molecule has 5 nitrogen and oxygen atoms in total. The average molecular weight is 340 g/mol. The molecule has 128 valence electrons. The molecule has 0 radical (unpaired) electrons. The first-order valence-electron chi connectivity index (χ1n) is 7.74. The molecule has 6 heteroatoms. The summed E-state index contributed by atoms with van der Waals surface area (Å²) in [6.45, 7) is 1.71. The number of hydrogen-bond donors (Lipinski definition) is 1. The number of carbonyl (C=O) groups is 2. The second-order valence-corrected chi connectivity index (χ2v) is 5.64. The molecule has 0 aliphatic carbocycles. The second-order valence-electron chi connectivity index (χ2n) is 5.64. The zero-order chi connectivity index (χ0) is 18.0. The van der Waals surface area contributed by atoms with Gasteiger partial charge in [-0.1, -0.05) is 12.1 Å². The minimum Gasteiger partial charge on any atom is -0.495 e. The van der Waals surface area contributed by atoms with Crippen molar-refractivity contribution in [2.45, 2.75) is 13.0 Å². The predicted octanol–water partition coefficient (Wildman–Crippen LogP) is 3.80. The summed E-state index contributed by atoms with van der Waals surface area (Å²) in [5.74, 6) is -0.154. The molecule has 0 bridgehead atoms. The molecule has 0 aliphatic rings. The molecule has 3 rings (SSSR count). The summed E-state index contributed by atoms with van der Waals surface area (Å²) in [6, 6.07) is 10.6. The number of nitrogens with one attached hydrogen (secondary N) is 1. The summed E-state index contributed by atoms with van der Waals surface area (Å²) in [5.41, 5.74) is 1.51. The molecular formula is C19H17FN2O3. The number of para-hydroxylation sites is 2. The Balaban J connectivity index is 1.95. The third-order valence-corrected chi connectivity index (χ3v) is 4.11. The van der Waals surface area contributed by atoms with Crippen LogP contribution in [0, 0.1) is 5.82 Å². The number of anilines is 1. The maximum absolute atomic E-state index is 13.5. The summed E-state index contributed by atoms with van der Waals surface area (Å²) in [5, 5.41) is 3.29. The van der Waals surface area contributed by atoms with Crippen molar-refractivity contribution < 1.29 is 18.7 Å². The first-order valence-corrected chi connectivity index (χ1v) is 7.74. The Morgan fingerprint density at radius 2 is 2.04 bits per heavy atom. The first kappa shape index (κ1) is 16.7. The number of hydrogen-bond acceptors (Lipinski definition) is 3. The molecule has 1 heterocycles. The van der Waals surface area contributed by atoms with E-state index >= 15 is 0 Å². The molecule has 1 N–H and O–H groups in total. The molecule has 0 saturated heterocycles. The monoisotopic (exact) mass is 340 g/mol. The van der Waals surface area contributed by atoms with Crippen LogP contribution in [0.3, 0.4) is 0 Å². The molecule has 0 aliphatic heterocycles. The molecule has 1 unspecified atom stereocenters. The lowest BCUT2D eigenvalue weighted by Gasteiger charge is -2.16. The number of aldehydes is 1. The highest BCUT2D eigenvalue weighted by Crippen LogP contribution is 2.27. The van der Waals surface area contributed by atoms with E-state index < -0.39 is 11.9 Å². The Bertz CT molecular complexity index is 949. The maximum atomic E-state index is 13.5. The number of halogens is 1. The minimum absolute atomic E-state index is 0.275. The molecule has 0 spiro atoms. The number of rotatable bonds is 5. The molecule has 1 amide bonds. The van der Waals surface area contributed by atoms with Crippen LogP contribution in [-0.2, 0) is 4.79 Å². The fourth-order valence-corrected chi connectivity index (χ4v) is 2.78. The Labute approximate surface area is 144 Å². The highest BCUT2D eigenvalue weighted by molar-refractivity contribution is 6.00. The lowest BCUT2D eigenvalue weighted by atomic mass is 10.2. The number of benzene rings is 2. The van der Waals surface area contributed by atoms with E-state index in [1.54, 1.807) is 42.0 Å². The quantitative estimate of drug-likeness (QED) is 0.719. The molecule has 1 aromatic heterocycles. The van der Waals surface area contributed by atoms with Crippen LogP contribution < -0.4 is 10.1 Å². The highest BCUT2D eigenvalue weighted by atomic mass is 19.1. The van der Waals surface area contributed by atoms with Gasteiger partial charge in [-0.25, -0.2) is 4.39 Å². The van der Waals surface area contributed by atoms with Gasteiger partial charge in [0, 0.05) is 22.7 Å². The third kappa shape index (κ3) is 3.10. The summed E-state index contributed by atoms with van der Waals surface area (Å²) in [7, 11) is 1.53. The van der Waals surface area contributed by atoms with Gasteiger partial charge in [-0.15, -0.1) is 0 Å². The number of carbonyl (C=O) groups excluding carboxylic acids is 2. The van der Waals surface area contributed by atoms with E-state index in [1.807, 2.05) is 6.07 Å². The third-order valence-electron chi connectivity index (χ3n) is 4.11. The number of nitrogens with zero attached hydrogens (tertiary/aromatic N) is 1. The van der Waals surface area contributed by atoms with Gasteiger partial charge < -0.3 is 14.6 Å². The SMILES string of the molecule is COc1ccccc1NC(=O)C(C)n1cc(C=O)c2cc(F)ccc21. The zero-order valence-electron chi connectivity index (χ0n) is 13.8. The minimum atomic E-state index is -0.605. The van der Waals surface area contributed by atoms with Gasteiger partial charge in [0.2, 0.25) is 5.91 Å². The van der Waals surface area contributed by atoms with Crippen molar-refractivity contribution >= 4 is 28.8 Å². The lowest BCUT2D eigenvalue weighted by molar-refractivity contribution is -0.118. The van der Waals surface area contributed by atoms with Crippen molar-refractivity contribution in [1.82, 2.24) is 4.57 Å². The van der Waals surface area contributed by atoms with E-state index in [2.05, 4.69) is 5.32 Å². The second kappa shape index (κ2) is 6.76. The topological polar surface area (TPSA) is 60.3 Å². The van der Waals surface area contributed by atoms with E-state index in [-0.39, 0.29) is 5.91 Å². The molecule has 2 aromatic carbocycles. The average Bonchev–Trinajstić information content (AvgIpc) is 2.99. The fourth-order valence-electron chi connectivity index (χ4n) is 2.78. The van der Waals surface area contributed by atoms with Crippen LogP contribution in [0.25, 0.3) is 10.9 Å². The van der Waals surface area contributed by atoms with Gasteiger partial charge in [-0.3, -0.25) is 9.59 Å². The number of fused-ring (bicyclic) bond motifs is 1. The Kier molecular flexibility index (Phi) is 4.52. The zero-order valence-corrected chi connectivity index (χ0v) is 13.8. The molecule has 25 heavy (non-hydrogen) atoms. The van der Waals surface area contributed by atoms with Crippen molar-refractivity contribution in [3.8, 4) is 5.75 Å². The van der Waals surface area contributed by atoms with Crippen molar-refractivity contribution in [2.75, 3.05) is 12.4 Å². The van der Waals surface area contributed by atoms with Gasteiger partial charge >= 0.3 is 0 Å². The van der Waals surface area contributed by atoms with Crippen LogP contribution in [0.2, 0.25) is 0 Å². The number of methoxy groups -OCH3 is 1. The van der Waals surface area contributed by atoms with Crippen LogP contribution >= 0.6 is 0 Å². The Morgan fingerprint density at radius 1 is 1.28 bits per heavy atom. The number of amides is 1. The smallest absolute Gasteiger partial charge is 0.247 e. The van der Waals surface area contributed by atoms with Crippen molar-refractivity contribution in [3.63, 3.8) is 0 Å². The van der Waals surface area contributed by atoms with Gasteiger partial charge in [0.05, 0.1) is 12.8 Å². The highest BCUT2D eigenvalue weighted by Gasteiger charge is 2.20. The molecular weight excluding hydrogens is 323 g/mol. The van der Waals surface area contributed by atoms with E-state index in [0.29, 0.717) is 34.2 Å². The van der Waals surface area contributed by atoms with Crippen LogP contribution in [0.1, 0.15) is 23.3 Å². The van der Waals surface area contributed by atoms with Gasteiger partial charge in [-0.2, -0.15) is 0 Å². The van der Waals surface area contributed by atoms with Crippen molar-refractivity contribution in [3.05, 3.63) is 60.0 Å². The summed E-state index contributed by atoms with van der Waals surface area (Å²) < 4.78 is 20.4. The van der Waals surface area contributed by atoms with E-state index in [0.717, 1.165) is 0 Å². The Hall–Kier alpha value is -3.15. The first-order chi connectivity index (χ1) is 12.0. The largest absolute Gasteiger partial charge is 0.495 e. The Morgan fingerprint density at radius 3 is 2.76 bits per heavy atom. The standard InChI is InChI=1S/C19H17FN2O3/c1-12(19(24)21-16-5-3-4-6-18(16)25-2)22-10-13(11-23)15-9-14(20)7-8-17(15)22/h3-12H,1-2H3,(H,21,24). The van der Waals surface area contributed by atoms with Crippen LogP contribution in [0.4, 0.5) is 10.1 Å². The fraction of sp³-hybridized carbons (Fsp3) is 0.158. The van der Waals surface area contributed by atoms with Crippen molar-refractivity contribution in [1.29, 1.82) is 0 Å². The summed E-state index contributed by atoms with van der Waals surface area (Å²) >= 11 is 0. The lowest BCUT2D eigenvalue weighted by Crippen LogP contribution is -2.23. The number of aromatic nitrogens is 1. The predicted molar refractivity (Wildman–Crippen MR) is 93.6 cm³/mol. The van der Waals surface area contributed by atoms with Gasteiger partial charge in [0.15, 0.2) is 6.29 Å². The van der Waals surface area contributed by atoms with E-state index in [4.69, 9.17) is 4.74 Å². The molecule has 1 atom stereocenters. The van der Waals surface area contributed by atoms with Crippen LogP contribution in [-0.4, -0.2) is 23.9 Å². The van der Waals surface area contributed by atoms with Crippen molar-refractivity contribution in [2.24, 2.45) is 0 Å². The summed E-state index contributed by atoms with van der Waals surface area (Å²) in [6.07, 6.45) is 2.21.